The number of hydrogen-bond donors (Lipinski definition) is 0. The molecule has 0 heteroatoms. The van der Waals surface area contributed by atoms with Gasteiger partial charge in [-0.05, 0) is 5.89 Å². The van der Waals surface area contributed by atoms with Gasteiger partial charge in [0.05, 0.1) is 0 Å². The van der Waals surface area contributed by atoms with E-state index < -0.39 is 5.89 Å². The van der Waals surface area contributed by atoms with Crippen LogP contribution in [-0.2, 0) is 0 Å². The highest BCUT2D eigenvalue weighted by atomic mass is 13.9. The molecule has 38 valence electrons. The van der Waals surface area contributed by atoms with E-state index in [-0.39, 0.29) is 6.40 Å². The molecular formula is C6H14. The zero-order chi connectivity index (χ0) is 6.78. The molecule has 0 amide bonds. The Morgan fingerprint density at radius 1 is 1.83 bits per heavy atom. The third-order valence-electron chi connectivity index (χ3n) is 0.612. The normalized spacial score (nSPS) is 21.8. The Labute approximate surface area is 43.4 Å². The third-order valence-corrected chi connectivity index (χ3v) is 0.612. The summed E-state index contributed by atoms with van der Waals surface area (Å²) in [5, 5.41) is 0. The smallest absolute Gasteiger partial charge is 0.0297 e. The molecule has 0 aliphatic carbocycles. The predicted molar refractivity (Wildman–Crippen MR) is 29.7 cm³/mol. The van der Waals surface area contributed by atoms with E-state index in [1.165, 1.54) is 0 Å². The molecule has 1 atom stereocenters. The van der Waals surface area contributed by atoms with E-state index in [4.69, 9.17) is 2.74 Å². The van der Waals surface area contributed by atoms with Crippen LogP contribution in [0.4, 0.5) is 0 Å². The summed E-state index contributed by atoms with van der Waals surface area (Å²) in [6, 6.07) is 0. The van der Waals surface area contributed by atoms with E-state index in [0.29, 0.717) is 6.42 Å². The molecule has 0 bridgehead atoms. The second kappa shape index (κ2) is 3.20. The first kappa shape index (κ1) is 3.06. The molecule has 1 unspecified atom stereocenters. The summed E-state index contributed by atoms with van der Waals surface area (Å²) < 4.78 is 14.5. The van der Waals surface area contributed by atoms with Crippen LogP contribution in [0.5, 0.6) is 0 Å². The van der Waals surface area contributed by atoms with Crippen molar-refractivity contribution >= 4 is 0 Å². The minimum absolute atomic E-state index is 0.0949. The van der Waals surface area contributed by atoms with Gasteiger partial charge in [0.25, 0.3) is 0 Å². The summed E-state index contributed by atoms with van der Waals surface area (Å²) in [4.78, 5) is 0. The van der Waals surface area contributed by atoms with Crippen molar-refractivity contribution in [1.82, 2.24) is 0 Å². The van der Waals surface area contributed by atoms with Gasteiger partial charge in [0.1, 0.15) is 0 Å². The molecule has 0 saturated carbocycles. The summed E-state index contributed by atoms with van der Waals surface area (Å²) in [5.41, 5.74) is 0. The average Bonchev–Trinajstić information content (AvgIpc) is 1.21. The van der Waals surface area contributed by atoms with Crippen molar-refractivity contribution < 1.29 is 2.74 Å². The van der Waals surface area contributed by atoms with Crippen LogP contribution in [0.2, 0.25) is 0 Å². The molecule has 0 rings (SSSR count). The standard InChI is InChI=1S/C6H14/c1-4-5-6(2)3/h6H,4-5H2,1-3H3/i4D,6D. The Hall–Kier alpha value is 0. The lowest BCUT2D eigenvalue weighted by atomic mass is 10.1. The van der Waals surface area contributed by atoms with Crippen molar-refractivity contribution in [3.05, 3.63) is 0 Å². The molecule has 0 fully saturated rings. The number of hydrogen-bond acceptors (Lipinski definition) is 0. The van der Waals surface area contributed by atoms with Crippen molar-refractivity contribution in [2.24, 2.45) is 5.89 Å². The van der Waals surface area contributed by atoms with Gasteiger partial charge in [-0.3, -0.25) is 0 Å². The van der Waals surface area contributed by atoms with Crippen molar-refractivity contribution in [2.75, 3.05) is 0 Å². The molecule has 0 radical (unpaired) electrons. The monoisotopic (exact) mass is 88.1 g/mol. The van der Waals surface area contributed by atoms with Crippen molar-refractivity contribution in [3.63, 3.8) is 0 Å². The minimum atomic E-state index is -0.416. The Morgan fingerprint density at radius 3 is 2.33 bits per heavy atom. The fourth-order valence-electron chi connectivity index (χ4n) is 0.408. The largest absolute Gasteiger partial charge is 0.0654 e. The first-order valence-electron chi connectivity index (χ1n) is 3.42. The lowest BCUT2D eigenvalue weighted by Gasteiger charge is -1.95. The first-order valence-corrected chi connectivity index (χ1v) is 2.34. The summed E-state index contributed by atoms with van der Waals surface area (Å²) in [5.74, 6) is -0.416. The van der Waals surface area contributed by atoms with Crippen LogP contribution in [0, 0.1) is 5.89 Å². The fourth-order valence-corrected chi connectivity index (χ4v) is 0.408. The van der Waals surface area contributed by atoms with Gasteiger partial charge in [-0.15, -0.1) is 0 Å². The molecule has 0 aliphatic heterocycles. The molecule has 0 saturated heterocycles. The Balaban J connectivity index is 3.39. The highest BCUT2D eigenvalue weighted by Gasteiger charge is 1.85. The summed E-state index contributed by atoms with van der Waals surface area (Å²) >= 11 is 0. The third kappa shape index (κ3) is 4.00. The van der Waals surface area contributed by atoms with E-state index >= 15 is 0 Å². The van der Waals surface area contributed by atoms with Gasteiger partial charge in [-0.1, -0.05) is 33.6 Å². The molecule has 0 spiro atoms. The molecule has 0 nitrogen and oxygen atoms in total. The molecule has 0 aromatic rings. The second-order valence-corrected chi connectivity index (χ2v) is 1.82. The summed E-state index contributed by atoms with van der Waals surface area (Å²) in [6.07, 6.45) is 0.565. The van der Waals surface area contributed by atoms with Crippen LogP contribution in [0.1, 0.15) is 36.3 Å². The van der Waals surface area contributed by atoms with Gasteiger partial charge >= 0.3 is 0 Å². The van der Waals surface area contributed by atoms with Crippen LogP contribution in [0.15, 0.2) is 0 Å². The van der Waals surface area contributed by atoms with Crippen molar-refractivity contribution in [2.45, 2.75) is 33.6 Å². The van der Waals surface area contributed by atoms with Crippen LogP contribution >= 0.6 is 0 Å². The van der Waals surface area contributed by atoms with Gasteiger partial charge < -0.3 is 0 Å². The highest BCUT2D eigenvalue weighted by molar-refractivity contribution is 4.38. The van der Waals surface area contributed by atoms with Crippen LogP contribution < -0.4 is 0 Å². The lowest BCUT2D eigenvalue weighted by molar-refractivity contribution is 0.576. The average molecular weight is 88.2 g/mol. The van der Waals surface area contributed by atoms with Crippen LogP contribution in [0.25, 0.3) is 0 Å². The van der Waals surface area contributed by atoms with Gasteiger partial charge in [0, 0.05) is 2.74 Å². The quantitative estimate of drug-likeness (QED) is 0.486. The molecule has 0 aliphatic rings. The second-order valence-electron chi connectivity index (χ2n) is 1.82. The summed E-state index contributed by atoms with van der Waals surface area (Å²) in [7, 11) is 0. The van der Waals surface area contributed by atoms with Crippen LogP contribution in [-0.4, -0.2) is 0 Å². The molecule has 6 heavy (non-hydrogen) atoms. The first-order chi connectivity index (χ1) is 3.42. The predicted octanol–water partition coefficient (Wildman–Crippen LogP) is 2.44. The van der Waals surface area contributed by atoms with Gasteiger partial charge in [-0.2, -0.15) is 0 Å². The maximum atomic E-state index is 7.34. The van der Waals surface area contributed by atoms with Gasteiger partial charge in [0.15, 0.2) is 0 Å². The van der Waals surface area contributed by atoms with Crippen LogP contribution in [0.3, 0.4) is 0 Å². The Kier molecular flexibility index (Phi) is 1.63. The Morgan fingerprint density at radius 2 is 2.33 bits per heavy atom. The Bertz CT molecular complexity index is 61.4. The lowest BCUT2D eigenvalue weighted by Crippen LogP contribution is -1.81. The van der Waals surface area contributed by atoms with E-state index in [1.54, 1.807) is 0 Å². The van der Waals surface area contributed by atoms with E-state index in [1.807, 2.05) is 20.8 Å². The highest BCUT2D eigenvalue weighted by Crippen LogP contribution is 2.00. The maximum absolute atomic E-state index is 7.34. The van der Waals surface area contributed by atoms with E-state index in [9.17, 15) is 0 Å². The van der Waals surface area contributed by atoms with Crippen molar-refractivity contribution in [1.29, 1.82) is 0 Å². The maximum Gasteiger partial charge on any atom is 0.0297 e. The SMILES string of the molecule is [2H]C(C)CC([2H])(C)C. The van der Waals surface area contributed by atoms with E-state index in [0.717, 1.165) is 0 Å². The number of rotatable bonds is 2. The topological polar surface area (TPSA) is 0 Å². The molecule has 0 heterocycles. The molecule has 0 aromatic heterocycles. The minimum Gasteiger partial charge on any atom is -0.0654 e. The molecule has 0 N–H and O–H groups in total. The van der Waals surface area contributed by atoms with Gasteiger partial charge in [0.2, 0.25) is 0 Å². The zero-order valence-corrected chi connectivity index (χ0v) is 4.78. The molecule has 0 aromatic carbocycles. The summed E-state index contributed by atoms with van der Waals surface area (Å²) in [6.45, 7) is 5.48. The van der Waals surface area contributed by atoms with Gasteiger partial charge in [-0.25, -0.2) is 0 Å². The molecular weight excluding hydrogens is 72.1 g/mol. The zero-order valence-electron chi connectivity index (χ0n) is 6.78. The van der Waals surface area contributed by atoms with Crippen molar-refractivity contribution in [3.8, 4) is 0 Å². The fraction of sp³-hybridized carbons (Fsp3) is 1.00. The van der Waals surface area contributed by atoms with E-state index in [2.05, 4.69) is 0 Å².